The van der Waals surface area contributed by atoms with Crippen molar-refractivity contribution in [2.75, 3.05) is 23.7 Å². The van der Waals surface area contributed by atoms with Gasteiger partial charge in [0.2, 0.25) is 0 Å². The first-order chi connectivity index (χ1) is 9.42. The molecule has 0 aliphatic carbocycles. The van der Waals surface area contributed by atoms with E-state index in [1.54, 1.807) is 6.92 Å². The van der Waals surface area contributed by atoms with E-state index in [-0.39, 0.29) is 11.9 Å². The number of nitrogens with zero attached hydrogens (tertiary/aromatic N) is 1. The van der Waals surface area contributed by atoms with Gasteiger partial charge in [0.15, 0.2) is 11.5 Å². The second-order valence-corrected chi connectivity index (χ2v) is 6.13. The number of ketones is 1. The number of anilines is 2. The Labute approximate surface area is 125 Å². The van der Waals surface area contributed by atoms with Crippen molar-refractivity contribution < 1.29 is 9.53 Å². The third-order valence-electron chi connectivity index (χ3n) is 3.01. The molecule has 0 saturated heterocycles. The van der Waals surface area contributed by atoms with Crippen molar-refractivity contribution >= 4 is 27.8 Å². The summed E-state index contributed by atoms with van der Waals surface area (Å²) in [5.74, 6) is 0.673. The summed E-state index contributed by atoms with van der Waals surface area (Å²) in [5.41, 5.74) is 6.60. The zero-order valence-electron chi connectivity index (χ0n) is 13.2. The zero-order chi connectivity index (χ0) is 15.3. The molecule has 0 aromatic carbocycles. The van der Waals surface area contributed by atoms with Gasteiger partial charge in [-0.15, -0.1) is 11.3 Å². The fraction of sp³-hybridized carbons (Fsp3) is 0.667. The lowest BCUT2D eigenvalue weighted by atomic mass is 10.2. The number of ether oxygens (including phenoxy) is 1. The lowest BCUT2D eigenvalue weighted by Gasteiger charge is -2.23. The highest BCUT2D eigenvalue weighted by Gasteiger charge is 2.24. The van der Waals surface area contributed by atoms with Gasteiger partial charge in [0, 0.05) is 20.0 Å². The number of hydrogen-bond acceptors (Lipinski definition) is 5. The predicted molar refractivity (Wildman–Crippen MR) is 87.3 cm³/mol. The van der Waals surface area contributed by atoms with Gasteiger partial charge in [0.05, 0.1) is 16.7 Å². The van der Waals surface area contributed by atoms with Crippen LogP contribution >= 0.6 is 11.3 Å². The summed E-state index contributed by atoms with van der Waals surface area (Å²) in [6, 6.07) is 0. The Bertz CT molecular complexity index is 455. The van der Waals surface area contributed by atoms with Crippen molar-refractivity contribution in [2.45, 2.75) is 53.6 Å². The van der Waals surface area contributed by atoms with Gasteiger partial charge in [-0.1, -0.05) is 13.3 Å². The van der Waals surface area contributed by atoms with E-state index in [4.69, 9.17) is 10.5 Å². The van der Waals surface area contributed by atoms with Crippen molar-refractivity contribution in [3.63, 3.8) is 0 Å². The quantitative estimate of drug-likeness (QED) is 0.738. The molecule has 0 atom stereocenters. The smallest absolute Gasteiger partial charge is 0.177 e. The number of thiophene rings is 1. The van der Waals surface area contributed by atoms with Gasteiger partial charge >= 0.3 is 0 Å². The Kier molecular flexibility index (Phi) is 6.33. The van der Waals surface area contributed by atoms with Crippen LogP contribution in [0.3, 0.4) is 0 Å². The van der Waals surface area contributed by atoms with Crippen LogP contribution < -0.4 is 15.4 Å². The number of nitrogen functional groups attached to an aromatic ring is 1. The zero-order valence-corrected chi connectivity index (χ0v) is 14.0. The van der Waals surface area contributed by atoms with Gasteiger partial charge < -0.3 is 15.4 Å². The third-order valence-corrected chi connectivity index (χ3v) is 4.35. The van der Waals surface area contributed by atoms with Gasteiger partial charge in [-0.2, -0.15) is 0 Å². The van der Waals surface area contributed by atoms with Crippen LogP contribution in [0.25, 0.3) is 0 Å². The highest BCUT2D eigenvalue weighted by atomic mass is 32.1. The van der Waals surface area contributed by atoms with E-state index in [0.717, 1.165) is 30.9 Å². The van der Waals surface area contributed by atoms with Crippen LogP contribution in [0.4, 0.5) is 10.7 Å². The molecule has 0 radical (unpaired) electrons. The molecule has 1 rings (SSSR count). The van der Waals surface area contributed by atoms with Crippen LogP contribution in [-0.4, -0.2) is 25.0 Å². The van der Waals surface area contributed by atoms with Crippen molar-refractivity contribution in [1.29, 1.82) is 0 Å². The second-order valence-electron chi connectivity index (χ2n) is 5.14. The molecule has 0 saturated carbocycles. The van der Waals surface area contributed by atoms with Crippen LogP contribution in [-0.2, 0) is 0 Å². The first-order valence-electron chi connectivity index (χ1n) is 7.27. The molecule has 0 aliphatic heterocycles. The van der Waals surface area contributed by atoms with E-state index in [0.29, 0.717) is 16.3 Å². The molecule has 114 valence electrons. The minimum Gasteiger partial charge on any atom is -0.486 e. The topological polar surface area (TPSA) is 55.6 Å². The minimum absolute atomic E-state index is 0.00102. The van der Waals surface area contributed by atoms with Gasteiger partial charge in [-0.05, 0) is 27.2 Å². The maximum absolute atomic E-state index is 11.7. The maximum atomic E-state index is 11.7. The van der Waals surface area contributed by atoms with Crippen molar-refractivity contribution in [3.05, 3.63) is 4.88 Å². The first-order valence-corrected chi connectivity index (χ1v) is 8.08. The summed E-state index contributed by atoms with van der Waals surface area (Å²) in [4.78, 5) is 14.5. The Morgan fingerprint density at radius 1 is 1.40 bits per heavy atom. The number of nitrogens with two attached hydrogens (primary N) is 1. The van der Waals surface area contributed by atoms with Crippen LogP contribution in [0.1, 0.15) is 57.1 Å². The van der Waals surface area contributed by atoms with Gasteiger partial charge in [0.25, 0.3) is 0 Å². The number of unbranched alkanes of at least 4 members (excludes halogenated alkanes) is 1. The van der Waals surface area contributed by atoms with Crippen LogP contribution in [0.2, 0.25) is 0 Å². The summed E-state index contributed by atoms with van der Waals surface area (Å²) >= 11 is 1.45. The number of rotatable bonds is 8. The van der Waals surface area contributed by atoms with E-state index < -0.39 is 0 Å². The van der Waals surface area contributed by atoms with Crippen LogP contribution in [0.5, 0.6) is 5.75 Å². The molecule has 0 unspecified atom stereocenters. The van der Waals surface area contributed by atoms with Crippen molar-refractivity contribution in [2.24, 2.45) is 0 Å². The summed E-state index contributed by atoms with van der Waals surface area (Å²) < 4.78 is 5.86. The number of hydrogen-bond donors (Lipinski definition) is 1. The molecule has 0 fully saturated rings. The fourth-order valence-electron chi connectivity index (χ4n) is 1.99. The Morgan fingerprint density at radius 3 is 2.50 bits per heavy atom. The van der Waals surface area contributed by atoms with Crippen LogP contribution in [0, 0.1) is 0 Å². The molecule has 20 heavy (non-hydrogen) atoms. The Morgan fingerprint density at radius 2 is 2.05 bits per heavy atom. The summed E-state index contributed by atoms with van der Waals surface area (Å²) in [6.45, 7) is 11.6. The summed E-state index contributed by atoms with van der Waals surface area (Å²) in [5, 5.41) is 0.984. The maximum Gasteiger partial charge on any atom is 0.177 e. The number of carbonyl (C=O) groups is 1. The molecule has 0 aliphatic rings. The molecule has 0 bridgehead atoms. The number of carbonyl (C=O) groups excluding carboxylic acids is 1. The predicted octanol–water partition coefficient (Wildman–Crippen LogP) is 3.95. The lowest BCUT2D eigenvalue weighted by molar-refractivity contribution is 0.102. The number of Topliss-reactive ketones (excluding diaryl/α,β-unsaturated/α-hetero) is 1. The molecule has 0 amide bonds. The van der Waals surface area contributed by atoms with Gasteiger partial charge in [-0.3, -0.25) is 4.79 Å². The average Bonchev–Trinajstić information content (AvgIpc) is 2.68. The molecule has 2 N–H and O–H groups in total. The highest BCUT2D eigenvalue weighted by molar-refractivity contribution is 7.19. The molecular formula is C15H26N2O2S. The van der Waals surface area contributed by atoms with E-state index in [9.17, 15) is 4.79 Å². The lowest BCUT2D eigenvalue weighted by Crippen LogP contribution is -2.24. The fourth-order valence-corrected chi connectivity index (χ4v) is 3.13. The van der Waals surface area contributed by atoms with Crippen LogP contribution in [0.15, 0.2) is 0 Å². The SMILES string of the molecule is CCCCN(CC)c1sc(C(C)=O)c(N)c1OC(C)C. The van der Waals surface area contributed by atoms with Gasteiger partial charge in [-0.25, -0.2) is 0 Å². The normalized spacial score (nSPS) is 10.9. The standard InChI is InChI=1S/C15H26N2O2S/c1-6-8-9-17(7-2)15-13(19-10(3)4)12(16)14(20-15)11(5)18/h10H,6-9,16H2,1-5H3. The Balaban J connectivity index is 3.20. The molecule has 5 heteroatoms. The largest absolute Gasteiger partial charge is 0.486 e. The molecule has 1 aromatic rings. The molecule has 1 heterocycles. The Hall–Kier alpha value is -1.23. The molecule has 4 nitrogen and oxygen atoms in total. The van der Waals surface area contributed by atoms with E-state index >= 15 is 0 Å². The second kappa shape index (κ2) is 7.53. The highest BCUT2D eigenvalue weighted by Crippen LogP contribution is 2.45. The minimum atomic E-state index is -0.00102. The van der Waals surface area contributed by atoms with E-state index in [1.165, 1.54) is 11.3 Å². The summed E-state index contributed by atoms with van der Waals surface area (Å²) in [7, 11) is 0. The monoisotopic (exact) mass is 298 g/mol. The molecule has 0 spiro atoms. The van der Waals surface area contributed by atoms with Crippen molar-refractivity contribution in [1.82, 2.24) is 0 Å². The first kappa shape index (κ1) is 16.8. The molecule has 1 aromatic heterocycles. The third kappa shape index (κ3) is 3.88. The van der Waals surface area contributed by atoms with E-state index in [1.807, 2.05) is 13.8 Å². The van der Waals surface area contributed by atoms with Gasteiger partial charge in [0.1, 0.15) is 5.00 Å². The molecular weight excluding hydrogens is 272 g/mol. The van der Waals surface area contributed by atoms with Crippen molar-refractivity contribution in [3.8, 4) is 5.75 Å². The summed E-state index contributed by atoms with van der Waals surface area (Å²) in [6.07, 6.45) is 2.29. The average molecular weight is 298 g/mol. The van der Waals surface area contributed by atoms with E-state index in [2.05, 4.69) is 18.7 Å².